The predicted octanol–water partition coefficient (Wildman–Crippen LogP) is 2.16. The summed E-state index contributed by atoms with van der Waals surface area (Å²) in [5.74, 6) is -0.607. The largest absolute Gasteiger partial charge is 0.481 e. The Morgan fingerprint density at radius 1 is 1.15 bits per heavy atom. The first-order chi connectivity index (χ1) is 15.9. The third-order valence-corrected chi connectivity index (χ3v) is 5.24. The number of nitrogens with zero attached hydrogens (tertiary/aromatic N) is 3. The van der Waals surface area contributed by atoms with Gasteiger partial charge in [0.05, 0.1) is 29.5 Å². The molecular weight excluding hydrogens is 422 g/mol. The molecule has 4 rings (SSSR count). The van der Waals surface area contributed by atoms with Gasteiger partial charge in [-0.25, -0.2) is 9.97 Å². The number of carbonyl (C=O) groups excluding carboxylic acids is 1. The molecule has 0 aliphatic rings. The fourth-order valence-electron chi connectivity index (χ4n) is 3.56. The monoisotopic (exact) mass is 445 g/mol. The number of carboxylic acids is 1. The maximum atomic E-state index is 12.4. The number of aromatic nitrogens is 4. The number of aliphatic carboxylic acids is 1. The summed E-state index contributed by atoms with van der Waals surface area (Å²) in [5, 5.41) is 19.0. The summed E-state index contributed by atoms with van der Waals surface area (Å²) in [7, 11) is 0. The quantitative estimate of drug-likeness (QED) is 0.196. The van der Waals surface area contributed by atoms with Crippen LogP contribution in [0.5, 0.6) is 0 Å². The van der Waals surface area contributed by atoms with Crippen molar-refractivity contribution in [1.29, 1.82) is 5.41 Å². The van der Waals surface area contributed by atoms with E-state index in [1.165, 1.54) is 0 Å². The molecule has 0 atom stereocenters. The summed E-state index contributed by atoms with van der Waals surface area (Å²) in [5.41, 5.74) is 9.88. The number of aromatic amines is 1. The summed E-state index contributed by atoms with van der Waals surface area (Å²) in [6, 6.07) is 12.5. The van der Waals surface area contributed by atoms with Gasteiger partial charge in [-0.05, 0) is 18.2 Å². The zero-order valence-electron chi connectivity index (χ0n) is 17.7. The van der Waals surface area contributed by atoms with Crippen LogP contribution in [-0.4, -0.2) is 48.9 Å². The predicted molar refractivity (Wildman–Crippen MR) is 123 cm³/mol. The van der Waals surface area contributed by atoms with Crippen molar-refractivity contribution < 1.29 is 14.7 Å². The Labute approximate surface area is 189 Å². The van der Waals surface area contributed by atoms with E-state index in [-0.39, 0.29) is 24.7 Å². The lowest BCUT2D eigenvalue weighted by molar-refractivity contribution is -0.136. The van der Waals surface area contributed by atoms with E-state index in [1.807, 2.05) is 24.4 Å². The fourth-order valence-corrected chi connectivity index (χ4v) is 3.56. The van der Waals surface area contributed by atoms with Crippen LogP contribution in [0, 0.1) is 5.41 Å². The number of nitrogens with one attached hydrogen (secondary N) is 3. The van der Waals surface area contributed by atoms with Crippen LogP contribution in [0.1, 0.15) is 28.0 Å². The van der Waals surface area contributed by atoms with Gasteiger partial charge >= 0.3 is 5.97 Å². The van der Waals surface area contributed by atoms with Crippen LogP contribution in [0.4, 0.5) is 0 Å². The molecule has 1 amide bonds. The highest BCUT2D eigenvalue weighted by Gasteiger charge is 2.16. The number of hydrogen-bond donors (Lipinski definition) is 5. The topological polar surface area (TPSA) is 163 Å². The normalized spacial score (nSPS) is 10.9. The van der Waals surface area contributed by atoms with Gasteiger partial charge in [-0.3, -0.25) is 15.0 Å². The molecule has 10 heteroatoms. The van der Waals surface area contributed by atoms with Crippen molar-refractivity contribution in [2.24, 2.45) is 5.73 Å². The van der Waals surface area contributed by atoms with E-state index in [0.29, 0.717) is 29.6 Å². The fraction of sp³-hybridized carbons (Fsp3) is 0.174. The third kappa shape index (κ3) is 4.90. The molecule has 4 aromatic rings. The molecule has 0 spiro atoms. The number of nitrogens with two attached hydrogens (primary N) is 1. The Kier molecular flexibility index (Phi) is 6.16. The van der Waals surface area contributed by atoms with Crippen LogP contribution >= 0.6 is 0 Å². The third-order valence-electron chi connectivity index (χ3n) is 5.24. The van der Waals surface area contributed by atoms with E-state index in [0.717, 1.165) is 22.6 Å². The van der Waals surface area contributed by atoms with Gasteiger partial charge in [-0.2, -0.15) is 0 Å². The van der Waals surface area contributed by atoms with Gasteiger partial charge in [-0.1, -0.05) is 24.3 Å². The van der Waals surface area contributed by atoms with Crippen molar-refractivity contribution in [3.8, 4) is 11.4 Å². The summed E-state index contributed by atoms with van der Waals surface area (Å²) in [4.78, 5) is 35.1. The standard InChI is InChI=1S/C23H23N7O3/c24-21(25)14-1-3-15(4-2-14)22-29-18-11-16(23(33)27-9-7-20(31)32)5-6-19(18)30(22)10-8-17-12-26-13-28-17/h1-6,11-13H,7-10H2,(H3,24,25)(H,26,28)(H,27,33)(H,31,32). The highest BCUT2D eigenvalue weighted by Crippen LogP contribution is 2.26. The minimum atomic E-state index is -0.971. The minimum Gasteiger partial charge on any atom is -0.481 e. The molecule has 0 saturated carbocycles. The second-order valence-corrected chi connectivity index (χ2v) is 7.49. The molecule has 2 aromatic heterocycles. The molecule has 2 heterocycles. The van der Waals surface area contributed by atoms with Gasteiger partial charge < -0.3 is 25.7 Å². The lowest BCUT2D eigenvalue weighted by Gasteiger charge is -2.09. The van der Waals surface area contributed by atoms with Gasteiger partial charge in [0.15, 0.2) is 0 Å². The number of H-pyrrole nitrogens is 1. The maximum absolute atomic E-state index is 12.4. The van der Waals surface area contributed by atoms with Crippen molar-refractivity contribution in [2.45, 2.75) is 19.4 Å². The summed E-state index contributed by atoms with van der Waals surface area (Å²) in [6.45, 7) is 0.674. The number of carboxylic acid groups (broad SMARTS) is 1. The van der Waals surface area contributed by atoms with Crippen LogP contribution < -0.4 is 11.1 Å². The highest BCUT2D eigenvalue weighted by molar-refractivity contribution is 5.98. The Hall–Kier alpha value is -4.47. The molecule has 0 unspecified atom stereocenters. The van der Waals surface area contributed by atoms with Crippen LogP contribution in [0.2, 0.25) is 0 Å². The number of amidine groups is 1. The molecule has 168 valence electrons. The Morgan fingerprint density at radius 3 is 2.58 bits per heavy atom. The summed E-state index contributed by atoms with van der Waals surface area (Å²) in [6.07, 6.45) is 4.03. The zero-order valence-corrected chi connectivity index (χ0v) is 17.7. The van der Waals surface area contributed by atoms with Gasteiger partial charge in [-0.15, -0.1) is 0 Å². The first-order valence-electron chi connectivity index (χ1n) is 10.3. The van der Waals surface area contributed by atoms with Crippen LogP contribution in [-0.2, 0) is 17.8 Å². The zero-order chi connectivity index (χ0) is 23.4. The lowest BCUT2D eigenvalue weighted by Crippen LogP contribution is -2.25. The van der Waals surface area contributed by atoms with E-state index in [4.69, 9.17) is 21.2 Å². The molecule has 0 radical (unpaired) electrons. The molecule has 10 nitrogen and oxygen atoms in total. The van der Waals surface area contributed by atoms with Crippen LogP contribution in [0.15, 0.2) is 55.0 Å². The Morgan fingerprint density at radius 2 is 1.91 bits per heavy atom. The van der Waals surface area contributed by atoms with Gasteiger partial charge in [0, 0.05) is 42.4 Å². The second-order valence-electron chi connectivity index (χ2n) is 7.49. The number of imidazole rings is 2. The Bertz CT molecular complexity index is 1310. The van der Waals surface area contributed by atoms with Crippen molar-refractivity contribution in [2.75, 3.05) is 6.54 Å². The summed E-state index contributed by atoms with van der Waals surface area (Å²) >= 11 is 0. The number of rotatable bonds is 9. The van der Waals surface area contributed by atoms with E-state index in [2.05, 4.69) is 19.9 Å². The number of nitrogen functional groups attached to an aromatic ring is 1. The molecule has 0 saturated heterocycles. The Balaban J connectivity index is 1.69. The molecule has 6 N–H and O–H groups in total. The molecule has 0 aliphatic heterocycles. The molecule has 2 aromatic carbocycles. The molecule has 0 bridgehead atoms. The SMILES string of the molecule is N=C(N)c1ccc(-c2nc3cc(C(=O)NCCC(=O)O)ccc3n2CCc2c[nH]cn2)cc1. The number of benzene rings is 2. The number of hydrogen-bond acceptors (Lipinski definition) is 5. The van der Waals surface area contributed by atoms with Crippen molar-refractivity contribution in [3.05, 3.63) is 71.8 Å². The maximum Gasteiger partial charge on any atom is 0.305 e. The minimum absolute atomic E-state index is 0.00728. The van der Waals surface area contributed by atoms with Crippen molar-refractivity contribution in [3.63, 3.8) is 0 Å². The van der Waals surface area contributed by atoms with E-state index < -0.39 is 5.97 Å². The first kappa shape index (κ1) is 21.8. The average molecular weight is 445 g/mol. The first-order valence-corrected chi connectivity index (χ1v) is 10.3. The molecule has 0 aliphatic carbocycles. The smallest absolute Gasteiger partial charge is 0.305 e. The molecule has 33 heavy (non-hydrogen) atoms. The highest BCUT2D eigenvalue weighted by atomic mass is 16.4. The van der Waals surface area contributed by atoms with E-state index in [9.17, 15) is 9.59 Å². The number of aryl methyl sites for hydroxylation is 2. The second kappa shape index (κ2) is 9.35. The number of amides is 1. The van der Waals surface area contributed by atoms with Crippen molar-refractivity contribution in [1.82, 2.24) is 24.8 Å². The van der Waals surface area contributed by atoms with Gasteiger partial charge in [0.1, 0.15) is 11.7 Å². The van der Waals surface area contributed by atoms with E-state index >= 15 is 0 Å². The number of carbonyl (C=O) groups is 2. The average Bonchev–Trinajstić information content (AvgIpc) is 3.44. The van der Waals surface area contributed by atoms with Crippen molar-refractivity contribution >= 4 is 28.7 Å². The van der Waals surface area contributed by atoms with Crippen LogP contribution in [0.25, 0.3) is 22.4 Å². The van der Waals surface area contributed by atoms with Crippen LogP contribution in [0.3, 0.4) is 0 Å². The van der Waals surface area contributed by atoms with Gasteiger partial charge in [0.25, 0.3) is 5.91 Å². The lowest BCUT2D eigenvalue weighted by atomic mass is 10.1. The van der Waals surface area contributed by atoms with Gasteiger partial charge in [0.2, 0.25) is 0 Å². The van der Waals surface area contributed by atoms with E-state index in [1.54, 1.807) is 30.6 Å². The molecular formula is C23H23N7O3. The molecule has 0 fully saturated rings. The summed E-state index contributed by atoms with van der Waals surface area (Å²) < 4.78 is 2.07. The number of fused-ring (bicyclic) bond motifs is 1.